The number of aliphatic carboxylic acids is 1. The molecule has 3 aromatic rings. The van der Waals surface area contributed by atoms with Gasteiger partial charge >= 0.3 is 11.7 Å². The number of carboxylic acids is 1. The van der Waals surface area contributed by atoms with Gasteiger partial charge in [0.1, 0.15) is 12.4 Å². The highest BCUT2D eigenvalue weighted by molar-refractivity contribution is 5.70. The number of aromatic hydroxyl groups is 1. The Kier molecular flexibility index (Phi) is 8.87. The molecule has 0 bridgehead atoms. The number of oxazole rings is 1. The summed E-state index contributed by atoms with van der Waals surface area (Å²) < 4.78 is 23.0. The Morgan fingerprint density at radius 1 is 1.15 bits per heavy atom. The summed E-state index contributed by atoms with van der Waals surface area (Å²) in [7, 11) is 1.59. The topological polar surface area (TPSA) is 124 Å². The van der Waals surface area contributed by atoms with Crippen molar-refractivity contribution in [3.05, 3.63) is 69.9 Å². The highest BCUT2D eigenvalue weighted by Crippen LogP contribution is 2.35. The van der Waals surface area contributed by atoms with E-state index in [-0.39, 0.29) is 31.0 Å². The van der Waals surface area contributed by atoms with E-state index in [2.05, 4.69) is 34.4 Å². The fourth-order valence-electron chi connectivity index (χ4n) is 5.90. The van der Waals surface area contributed by atoms with Gasteiger partial charge in [-0.3, -0.25) is 9.69 Å². The number of benzene rings is 2. The molecule has 1 aliphatic heterocycles. The lowest BCUT2D eigenvalue weighted by molar-refractivity contribution is -0.143. The Morgan fingerprint density at radius 2 is 1.95 bits per heavy atom. The monoisotopic (exact) mass is 566 g/mol. The first kappa shape index (κ1) is 28.6. The number of carbonyl (C=O) groups is 1. The summed E-state index contributed by atoms with van der Waals surface area (Å²) in [6.07, 6.45) is 5.18. The van der Waals surface area contributed by atoms with Gasteiger partial charge in [0.25, 0.3) is 0 Å². The van der Waals surface area contributed by atoms with E-state index in [1.807, 2.05) is 18.2 Å². The third-order valence-electron chi connectivity index (χ3n) is 8.38. The minimum absolute atomic E-state index is 0.132. The Bertz CT molecular complexity index is 1410. The number of methoxy groups -OCH3 is 1. The van der Waals surface area contributed by atoms with Crippen LogP contribution >= 0.6 is 0 Å². The van der Waals surface area contributed by atoms with Gasteiger partial charge in [-0.1, -0.05) is 18.2 Å². The van der Waals surface area contributed by atoms with E-state index in [4.69, 9.17) is 14.2 Å². The van der Waals surface area contributed by atoms with E-state index in [1.54, 1.807) is 7.11 Å². The molecule has 1 fully saturated rings. The van der Waals surface area contributed by atoms with Crippen LogP contribution < -0.4 is 20.0 Å². The van der Waals surface area contributed by atoms with Crippen LogP contribution in [0.1, 0.15) is 55.3 Å². The highest BCUT2D eigenvalue weighted by atomic mass is 16.5. The van der Waals surface area contributed by atoms with E-state index >= 15 is 0 Å². The second-order valence-electron chi connectivity index (χ2n) is 11.0. The standard InChI is InChI=1S/C31H38N2O8/c1-20(24-8-10-26-25(16-24)11-13-39-26)32(17-21-3-6-23(7-4-21)30(35)36)18-22-5-9-27(28(15-22)38-2)40-14-12-33-29(34)19-41-31(33)37/h5,8-10,15-16,19-21,23,34H,3-4,6-7,11-14,17-18H2,1-2H3,(H,35,36). The molecule has 220 valence electrons. The van der Waals surface area contributed by atoms with Crippen LogP contribution in [-0.4, -0.2) is 52.5 Å². The molecule has 1 unspecified atom stereocenters. The fourth-order valence-corrected chi connectivity index (χ4v) is 5.90. The van der Waals surface area contributed by atoms with Crippen molar-refractivity contribution in [3.8, 4) is 23.1 Å². The van der Waals surface area contributed by atoms with E-state index in [9.17, 15) is 19.8 Å². The lowest BCUT2D eigenvalue weighted by atomic mass is 9.81. The smallest absolute Gasteiger partial charge is 0.421 e. The van der Waals surface area contributed by atoms with Crippen LogP contribution in [0.3, 0.4) is 0 Å². The van der Waals surface area contributed by atoms with E-state index < -0.39 is 11.7 Å². The molecule has 0 radical (unpaired) electrons. The van der Waals surface area contributed by atoms with Crippen LogP contribution in [0.25, 0.3) is 0 Å². The Morgan fingerprint density at radius 3 is 2.66 bits per heavy atom. The molecule has 2 N–H and O–H groups in total. The molecule has 1 saturated carbocycles. The zero-order valence-corrected chi connectivity index (χ0v) is 23.6. The first-order valence-corrected chi connectivity index (χ1v) is 14.2. The molecule has 2 heterocycles. The van der Waals surface area contributed by atoms with Crippen molar-refractivity contribution in [2.24, 2.45) is 11.8 Å². The predicted octanol–water partition coefficient (Wildman–Crippen LogP) is 4.62. The van der Waals surface area contributed by atoms with Crippen LogP contribution in [0.2, 0.25) is 0 Å². The molecule has 1 aromatic heterocycles. The van der Waals surface area contributed by atoms with Crippen molar-refractivity contribution in [1.29, 1.82) is 0 Å². The maximum atomic E-state index is 11.7. The van der Waals surface area contributed by atoms with E-state index in [1.165, 1.54) is 11.1 Å². The summed E-state index contributed by atoms with van der Waals surface area (Å²) in [4.78, 5) is 25.6. The molecule has 0 spiro atoms. The summed E-state index contributed by atoms with van der Waals surface area (Å²) in [5.41, 5.74) is 3.54. The maximum absolute atomic E-state index is 11.7. The molecule has 10 heteroatoms. The Hall–Kier alpha value is -3.92. The number of nitrogens with zero attached hydrogens (tertiary/aromatic N) is 2. The molecular weight excluding hydrogens is 528 g/mol. The molecule has 2 aliphatic rings. The maximum Gasteiger partial charge on any atom is 0.421 e. The summed E-state index contributed by atoms with van der Waals surface area (Å²) in [6.45, 7) is 4.77. The molecular formula is C31H38N2O8. The number of carboxylic acid groups (broad SMARTS) is 1. The number of fused-ring (bicyclic) bond motifs is 1. The van der Waals surface area contributed by atoms with Crippen molar-refractivity contribution in [2.75, 3.05) is 26.9 Å². The largest absolute Gasteiger partial charge is 0.493 e. The SMILES string of the molecule is COc1cc(CN(CC2CCC(C(=O)O)CC2)C(C)c2ccc3c(c2)CCO3)ccc1OCCn1c(O)coc1=O. The highest BCUT2D eigenvalue weighted by Gasteiger charge is 2.29. The van der Waals surface area contributed by atoms with Gasteiger partial charge in [-0.15, -0.1) is 0 Å². The number of hydrogen-bond donors (Lipinski definition) is 2. The van der Waals surface area contributed by atoms with Crippen molar-refractivity contribution in [3.63, 3.8) is 0 Å². The second kappa shape index (κ2) is 12.7. The lowest BCUT2D eigenvalue weighted by Gasteiger charge is -2.35. The molecule has 0 amide bonds. The number of ether oxygens (including phenoxy) is 3. The number of rotatable bonds is 12. The summed E-state index contributed by atoms with van der Waals surface area (Å²) in [6, 6.07) is 12.4. The molecule has 2 aromatic carbocycles. The molecule has 10 nitrogen and oxygen atoms in total. The van der Waals surface area contributed by atoms with Gasteiger partial charge in [0.05, 0.1) is 26.2 Å². The van der Waals surface area contributed by atoms with Gasteiger partial charge in [-0.05, 0) is 73.4 Å². The fraction of sp³-hybridized carbons (Fsp3) is 0.484. The quantitative estimate of drug-likeness (QED) is 0.323. The minimum atomic E-state index is -0.683. The van der Waals surface area contributed by atoms with Gasteiger partial charge in [0.2, 0.25) is 5.88 Å². The first-order valence-electron chi connectivity index (χ1n) is 14.2. The van der Waals surface area contributed by atoms with Gasteiger partial charge < -0.3 is 28.8 Å². The zero-order chi connectivity index (χ0) is 28.9. The molecule has 41 heavy (non-hydrogen) atoms. The third kappa shape index (κ3) is 6.70. The molecule has 0 saturated heterocycles. The van der Waals surface area contributed by atoms with Crippen molar-refractivity contribution >= 4 is 5.97 Å². The average molecular weight is 567 g/mol. The van der Waals surface area contributed by atoms with Crippen molar-refractivity contribution in [1.82, 2.24) is 9.47 Å². The molecule has 1 atom stereocenters. The average Bonchev–Trinajstić information content (AvgIpc) is 3.58. The predicted molar refractivity (Wildman–Crippen MR) is 151 cm³/mol. The van der Waals surface area contributed by atoms with Crippen molar-refractivity contribution < 1.29 is 33.6 Å². The Balaban J connectivity index is 1.30. The summed E-state index contributed by atoms with van der Waals surface area (Å²) >= 11 is 0. The lowest BCUT2D eigenvalue weighted by Crippen LogP contribution is -2.34. The van der Waals surface area contributed by atoms with Gasteiger partial charge in [0.15, 0.2) is 17.8 Å². The van der Waals surface area contributed by atoms with Gasteiger partial charge in [-0.2, -0.15) is 0 Å². The summed E-state index contributed by atoms with van der Waals surface area (Å²) in [5.74, 6) is 0.704. The van der Waals surface area contributed by atoms with Crippen molar-refractivity contribution in [2.45, 2.75) is 58.2 Å². The van der Waals surface area contributed by atoms with Crippen LogP contribution in [0.4, 0.5) is 0 Å². The number of hydrogen-bond acceptors (Lipinski definition) is 8. The van der Waals surface area contributed by atoms with Crippen LogP contribution in [0.5, 0.6) is 23.1 Å². The molecule has 5 rings (SSSR count). The minimum Gasteiger partial charge on any atom is -0.493 e. The second-order valence-corrected chi connectivity index (χ2v) is 11.0. The van der Waals surface area contributed by atoms with Crippen LogP contribution in [0.15, 0.2) is 51.9 Å². The summed E-state index contributed by atoms with van der Waals surface area (Å²) in [5, 5.41) is 19.2. The van der Waals surface area contributed by atoms with Crippen LogP contribution in [0, 0.1) is 11.8 Å². The van der Waals surface area contributed by atoms with Crippen LogP contribution in [-0.2, 0) is 24.3 Å². The number of aromatic nitrogens is 1. The van der Waals surface area contributed by atoms with E-state index in [0.717, 1.165) is 67.4 Å². The molecule has 1 aliphatic carbocycles. The Labute approximate surface area is 239 Å². The van der Waals surface area contributed by atoms with E-state index in [0.29, 0.717) is 24.0 Å². The third-order valence-corrected chi connectivity index (χ3v) is 8.38. The normalized spacial score (nSPS) is 19.0. The first-order chi connectivity index (χ1) is 19.8. The zero-order valence-electron chi connectivity index (χ0n) is 23.6. The van der Waals surface area contributed by atoms with Gasteiger partial charge in [-0.25, -0.2) is 9.36 Å². The van der Waals surface area contributed by atoms with Gasteiger partial charge in [0, 0.05) is 25.6 Å².